The average molecular weight is 394 g/mol. The fourth-order valence-electron chi connectivity index (χ4n) is 2.15. The number of alkyl halides is 3. The van der Waals surface area contributed by atoms with Gasteiger partial charge in [0.25, 0.3) is 5.89 Å². The molecule has 3 rings (SSSR count). The lowest BCUT2D eigenvalue weighted by Gasteiger charge is -2.09. The summed E-state index contributed by atoms with van der Waals surface area (Å²) < 4.78 is 43.2. The first-order chi connectivity index (χ1) is 12.8. The Morgan fingerprint density at radius 2 is 2.07 bits per heavy atom. The summed E-state index contributed by atoms with van der Waals surface area (Å²) >= 11 is 1.14. The highest BCUT2D eigenvalue weighted by Crippen LogP contribution is 2.30. The molecule has 0 saturated carbocycles. The molecule has 6 nitrogen and oxygen atoms in total. The van der Waals surface area contributed by atoms with E-state index in [4.69, 9.17) is 4.52 Å². The molecule has 0 aliphatic rings. The number of aryl methyl sites for hydroxylation is 1. The van der Waals surface area contributed by atoms with E-state index in [1.807, 2.05) is 0 Å². The summed E-state index contributed by atoms with van der Waals surface area (Å²) in [6, 6.07) is 7.85. The van der Waals surface area contributed by atoms with Gasteiger partial charge in [-0.25, -0.2) is 4.98 Å². The van der Waals surface area contributed by atoms with Crippen LogP contribution in [-0.4, -0.2) is 26.8 Å². The van der Waals surface area contributed by atoms with E-state index in [1.165, 1.54) is 12.1 Å². The number of carbonyl (C=O) groups excluding carboxylic acids is 1. The minimum Gasteiger partial charge on any atom is -0.334 e. The van der Waals surface area contributed by atoms with Crippen LogP contribution in [-0.2, 0) is 11.0 Å². The van der Waals surface area contributed by atoms with Crippen LogP contribution in [0.3, 0.4) is 0 Å². The molecule has 0 aliphatic carbocycles. The van der Waals surface area contributed by atoms with Gasteiger partial charge in [-0.2, -0.15) is 18.2 Å². The van der Waals surface area contributed by atoms with Crippen molar-refractivity contribution >= 4 is 23.4 Å². The standard InChI is InChI=1S/C17H13F3N4O2S/c1-10-22-16(26-24-10)11-5-6-21-15(7-11)27-9-14(25)23-13-4-2-3-12(8-13)17(18,19)20/h2-8H,9H2,1H3,(H,23,25). The number of halogens is 3. The van der Waals surface area contributed by atoms with Gasteiger partial charge in [0.2, 0.25) is 5.91 Å². The van der Waals surface area contributed by atoms with Crippen molar-refractivity contribution in [2.45, 2.75) is 18.1 Å². The van der Waals surface area contributed by atoms with E-state index in [-0.39, 0.29) is 11.4 Å². The van der Waals surface area contributed by atoms with E-state index in [2.05, 4.69) is 20.4 Å². The van der Waals surface area contributed by atoms with E-state index < -0.39 is 17.6 Å². The number of nitrogens with zero attached hydrogens (tertiary/aromatic N) is 3. The molecular formula is C17H13F3N4O2S. The van der Waals surface area contributed by atoms with Crippen molar-refractivity contribution < 1.29 is 22.5 Å². The van der Waals surface area contributed by atoms with Crippen molar-refractivity contribution in [1.29, 1.82) is 0 Å². The number of rotatable bonds is 5. The first kappa shape index (κ1) is 18.9. The molecule has 0 bridgehead atoms. The van der Waals surface area contributed by atoms with Crippen molar-refractivity contribution in [1.82, 2.24) is 15.1 Å². The molecule has 0 fully saturated rings. The van der Waals surface area contributed by atoms with Gasteiger partial charge in [-0.1, -0.05) is 23.0 Å². The van der Waals surface area contributed by atoms with E-state index in [0.29, 0.717) is 22.3 Å². The molecule has 0 unspecified atom stereocenters. The summed E-state index contributed by atoms with van der Waals surface area (Å²) in [6.07, 6.45) is -2.92. The Balaban J connectivity index is 1.61. The first-order valence-corrected chi connectivity index (χ1v) is 8.66. The molecule has 0 spiro atoms. The molecule has 1 aromatic carbocycles. The SMILES string of the molecule is Cc1noc(-c2ccnc(SCC(=O)Nc3cccc(C(F)(F)F)c3)c2)n1. The third-order valence-corrected chi connectivity index (χ3v) is 4.26. The predicted octanol–water partition coefficient (Wildman–Crippen LogP) is 4.19. The van der Waals surface area contributed by atoms with E-state index in [9.17, 15) is 18.0 Å². The smallest absolute Gasteiger partial charge is 0.334 e. The number of pyridine rings is 1. The van der Waals surface area contributed by atoms with E-state index in [0.717, 1.165) is 23.9 Å². The normalized spacial score (nSPS) is 11.4. The highest BCUT2D eigenvalue weighted by atomic mass is 32.2. The van der Waals surface area contributed by atoms with Gasteiger partial charge in [-0.05, 0) is 37.3 Å². The molecule has 27 heavy (non-hydrogen) atoms. The number of hydrogen-bond acceptors (Lipinski definition) is 6. The first-order valence-electron chi connectivity index (χ1n) is 7.68. The Morgan fingerprint density at radius 3 is 2.78 bits per heavy atom. The summed E-state index contributed by atoms with van der Waals surface area (Å²) in [6.45, 7) is 1.70. The Bertz CT molecular complexity index is 959. The maximum Gasteiger partial charge on any atom is 0.416 e. The van der Waals surface area contributed by atoms with Crippen molar-refractivity contribution in [3.05, 3.63) is 54.0 Å². The number of nitrogens with one attached hydrogen (secondary N) is 1. The van der Waals surface area contributed by atoms with E-state index >= 15 is 0 Å². The van der Waals surface area contributed by atoms with Gasteiger partial charge in [-0.3, -0.25) is 4.79 Å². The predicted molar refractivity (Wildman–Crippen MR) is 93.1 cm³/mol. The fourth-order valence-corrected chi connectivity index (χ4v) is 2.84. The van der Waals surface area contributed by atoms with Crippen LogP contribution in [0.1, 0.15) is 11.4 Å². The average Bonchev–Trinajstić information content (AvgIpc) is 3.06. The minimum atomic E-state index is -4.47. The highest BCUT2D eigenvalue weighted by molar-refractivity contribution is 7.99. The largest absolute Gasteiger partial charge is 0.416 e. The molecular weight excluding hydrogens is 381 g/mol. The molecule has 140 valence electrons. The monoisotopic (exact) mass is 394 g/mol. The number of hydrogen-bond donors (Lipinski definition) is 1. The summed E-state index contributed by atoms with van der Waals surface area (Å²) in [5, 5.41) is 6.70. The van der Waals surface area contributed by atoms with Crippen LogP contribution in [0.4, 0.5) is 18.9 Å². The molecule has 2 aromatic heterocycles. The number of aromatic nitrogens is 3. The topological polar surface area (TPSA) is 80.9 Å². The maximum absolute atomic E-state index is 12.7. The zero-order valence-electron chi connectivity index (χ0n) is 13.9. The molecule has 2 heterocycles. The zero-order valence-corrected chi connectivity index (χ0v) is 14.8. The van der Waals surface area contributed by atoms with Gasteiger partial charge in [0.15, 0.2) is 5.82 Å². The lowest BCUT2D eigenvalue weighted by molar-refractivity contribution is -0.137. The second-order valence-electron chi connectivity index (χ2n) is 5.44. The molecule has 0 saturated heterocycles. The van der Waals surface area contributed by atoms with Gasteiger partial charge >= 0.3 is 6.18 Å². The molecule has 0 radical (unpaired) electrons. The molecule has 1 N–H and O–H groups in total. The van der Waals surface area contributed by atoms with Crippen LogP contribution in [0.25, 0.3) is 11.5 Å². The Labute approximate surface area is 156 Å². The van der Waals surface area contributed by atoms with Gasteiger partial charge < -0.3 is 9.84 Å². The van der Waals surface area contributed by atoms with Gasteiger partial charge in [0, 0.05) is 17.4 Å². The summed E-state index contributed by atoms with van der Waals surface area (Å²) in [4.78, 5) is 20.3. The molecule has 3 aromatic rings. The fraction of sp³-hybridized carbons (Fsp3) is 0.176. The van der Waals surface area contributed by atoms with Crippen LogP contribution in [0.15, 0.2) is 52.1 Å². The molecule has 0 atom stereocenters. The van der Waals surface area contributed by atoms with Gasteiger partial charge in [0.1, 0.15) is 0 Å². The van der Waals surface area contributed by atoms with Crippen molar-refractivity contribution in [2.75, 3.05) is 11.1 Å². The number of amides is 1. The van der Waals surface area contributed by atoms with Crippen LogP contribution in [0.5, 0.6) is 0 Å². The molecule has 10 heteroatoms. The maximum atomic E-state index is 12.7. The second kappa shape index (κ2) is 7.78. The Kier molecular flexibility index (Phi) is 5.45. The summed E-state index contributed by atoms with van der Waals surface area (Å²) in [5.41, 5.74) is -0.0815. The van der Waals surface area contributed by atoms with E-state index in [1.54, 1.807) is 25.3 Å². The van der Waals surface area contributed by atoms with Crippen LogP contribution in [0.2, 0.25) is 0 Å². The number of benzene rings is 1. The summed E-state index contributed by atoms with van der Waals surface area (Å²) in [7, 11) is 0. The lowest BCUT2D eigenvalue weighted by Crippen LogP contribution is -2.15. The number of anilines is 1. The Morgan fingerprint density at radius 1 is 1.26 bits per heavy atom. The van der Waals surface area contributed by atoms with Crippen molar-refractivity contribution in [3.8, 4) is 11.5 Å². The second-order valence-corrected chi connectivity index (χ2v) is 6.44. The van der Waals surface area contributed by atoms with Crippen LogP contribution >= 0.6 is 11.8 Å². The third kappa shape index (κ3) is 5.07. The van der Waals surface area contributed by atoms with Gasteiger partial charge in [-0.15, -0.1) is 0 Å². The van der Waals surface area contributed by atoms with Gasteiger partial charge in [0.05, 0.1) is 16.3 Å². The minimum absolute atomic E-state index is 0.0183. The Hall–Kier alpha value is -2.88. The highest BCUT2D eigenvalue weighted by Gasteiger charge is 2.30. The quantitative estimate of drug-likeness (QED) is 0.654. The van der Waals surface area contributed by atoms with Crippen LogP contribution in [0, 0.1) is 6.92 Å². The number of thioether (sulfide) groups is 1. The van der Waals surface area contributed by atoms with Crippen molar-refractivity contribution in [3.63, 3.8) is 0 Å². The number of carbonyl (C=O) groups is 1. The molecule has 1 amide bonds. The van der Waals surface area contributed by atoms with Crippen LogP contribution < -0.4 is 5.32 Å². The zero-order chi connectivity index (χ0) is 19.4. The molecule has 0 aliphatic heterocycles. The summed E-state index contributed by atoms with van der Waals surface area (Å²) in [5.74, 6) is 0.372. The van der Waals surface area contributed by atoms with Crippen molar-refractivity contribution in [2.24, 2.45) is 0 Å². The lowest BCUT2D eigenvalue weighted by atomic mass is 10.2. The third-order valence-electron chi connectivity index (χ3n) is 3.33.